The first-order valence-electron chi connectivity index (χ1n) is 7.29. The SMILES string of the molecule is CCCNC(=O)CCN1C(=O)/C(=C/c2cccc(Cl)c2)SC1=S. The third-order valence-electron chi connectivity index (χ3n) is 3.15. The highest BCUT2D eigenvalue weighted by Gasteiger charge is 2.31. The number of carbonyl (C=O) groups excluding carboxylic acids is 2. The molecule has 0 aliphatic carbocycles. The summed E-state index contributed by atoms with van der Waals surface area (Å²) >= 11 is 12.4. The zero-order valence-corrected chi connectivity index (χ0v) is 15.1. The molecular formula is C16H17ClN2O2S2. The number of nitrogens with one attached hydrogen (secondary N) is 1. The Balaban J connectivity index is 2.01. The molecule has 2 amide bonds. The topological polar surface area (TPSA) is 49.4 Å². The molecule has 23 heavy (non-hydrogen) atoms. The lowest BCUT2D eigenvalue weighted by Gasteiger charge is -2.13. The lowest BCUT2D eigenvalue weighted by atomic mass is 10.2. The molecule has 1 heterocycles. The van der Waals surface area contributed by atoms with Crippen LogP contribution in [0.25, 0.3) is 6.08 Å². The Morgan fingerprint density at radius 2 is 2.26 bits per heavy atom. The van der Waals surface area contributed by atoms with Gasteiger partial charge in [-0.05, 0) is 30.2 Å². The van der Waals surface area contributed by atoms with Gasteiger partial charge in [0.15, 0.2) is 0 Å². The summed E-state index contributed by atoms with van der Waals surface area (Å²) in [6.45, 7) is 2.93. The molecule has 1 fully saturated rings. The maximum absolute atomic E-state index is 12.4. The van der Waals surface area contributed by atoms with Crippen molar-refractivity contribution in [1.29, 1.82) is 0 Å². The number of nitrogens with zero attached hydrogens (tertiary/aromatic N) is 1. The first-order chi connectivity index (χ1) is 11.0. The summed E-state index contributed by atoms with van der Waals surface area (Å²) in [5.74, 6) is -0.233. The first kappa shape index (κ1) is 18.0. The van der Waals surface area contributed by atoms with Crippen LogP contribution in [-0.4, -0.2) is 34.1 Å². The predicted octanol–water partition coefficient (Wildman–Crippen LogP) is 3.46. The number of rotatable bonds is 6. The summed E-state index contributed by atoms with van der Waals surface area (Å²) < 4.78 is 0.478. The van der Waals surface area contributed by atoms with Crippen LogP contribution in [0.5, 0.6) is 0 Å². The molecular weight excluding hydrogens is 352 g/mol. The van der Waals surface area contributed by atoms with Crippen molar-refractivity contribution in [3.05, 3.63) is 39.8 Å². The Labute approximate surface area is 150 Å². The van der Waals surface area contributed by atoms with Crippen molar-refractivity contribution in [3.8, 4) is 0 Å². The van der Waals surface area contributed by atoms with Gasteiger partial charge in [0, 0.05) is 24.5 Å². The summed E-state index contributed by atoms with van der Waals surface area (Å²) in [5.41, 5.74) is 0.846. The van der Waals surface area contributed by atoms with Crippen LogP contribution in [0.2, 0.25) is 5.02 Å². The largest absolute Gasteiger partial charge is 0.356 e. The molecule has 0 unspecified atom stereocenters. The fraction of sp³-hybridized carbons (Fsp3) is 0.312. The number of thioether (sulfide) groups is 1. The maximum atomic E-state index is 12.4. The molecule has 0 radical (unpaired) electrons. The van der Waals surface area contributed by atoms with Crippen LogP contribution >= 0.6 is 35.6 Å². The summed E-state index contributed by atoms with van der Waals surface area (Å²) in [4.78, 5) is 26.1. The first-order valence-corrected chi connectivity index (χ1v) is 8.89. The molecule has 122 valence electrons. The zero-order valence-electron chi connectivity index (χ0n) is 12.7. The van der Waals surface area contributed by atoms with Crippen LogP contribution in [0, 0.1) is 0 Å². The average Bonchev–Trinajstić information content (AvgIpc) is 2.77. The van der Waals surface area contributed by atoms with Gasteiger partial charge in [-0.15, -0.1) is 0 Å². The van der Waals surface area contributed by atoms with E-state index >= 15 is 0 Å². The maximum Gasteiger partial charge on any atom is 0.266 e. The molecule has 1 saturated heterocycles. The lowest BCUT2D eigenvalue weighted by molar-refractivity contribution is -0.123. The van der Waals surface area contributed by atoms with E-state index in [4.69, 9.17) is 23.8 Å². The van der Waals surface area contributed by atoms with Gasteiger partial charge in [-0.3, -0.25) is 14.5 Å². The molecule has 0 bridgehead atoms. The number of halogens is 1. The number of hydrogen-bond donors (Lipinski definition) is 1. The third kappa shape index (κ3) is 5.06. The zero-order chi connectivity index (χ0) is 16.8. The minimum Gasteiger partial charge on any atom is -0.356 e. The lowest BCUT2D eigenvalue weighted by Crippen LogP contribution is -2.33. The molecule has 0 saturated carbocycles. The van der Waals surface area contributed by atoms with Gasteiger partial charge in [-0.25, -0.2) is 0 Å². The van der Waals surface area contributed by atoms with Crippen molar-refractivity contribution in [2.75, 3.05) is 13.1 Å². The van der Waals surface area contributed by atoms with E-state index in [0.29, 0.717) is 27.3 Å². The molecule has 0 spiro atoms. The van der Waals surface area contributed by atoms with E-state index in [1.54, 1.807) is 18.2 Å². The van der Waals surface area contributed by atoms with Gasteiger partial charge >= 0.3 is 0 Å². The van der Waals surface area contributed by atoms with Crippen LogP contribution in [0.1, 0.15) is 25.3 Å². The van der Waals surface area contributed by atoms with Gasteiger partial charge < -0.3 is 5.32 Å². The van der Waals surface area contributed by atoms with Crippen molar-refractivity contribution < 1.29 is 9.59 Å². The van der Waals surface area contributed by atoms with Gasteiger partial charge in [0.25, 0.3) is 5.91 Å². The second kappa shape index (κ2) is 8.47. The van der Waals surface area contributed by atoms with Gasteiger partial charge in [0.2, 0.25) is 5.91 Å². The molecule has 1 N–H and O–H groups in total. The second-order valence-corrected chi connectivity index (χ2v) is 7.10. The predicted molar refractivity (Wildman–Crippen MR) is 99.2 cm³/mol. The van der Waals surface area contributed by atoms with Crippen LogP contribution < -0.4 is 5.32 Å². The van der Waals surface area contributed by atoms with E-state index < -0.39 is 0 Å². The molecule has 4 nitrogen and oxygen atoms in total. The minimum atomic E-state index is -0.164. The molecule has 1 aliphatic heterocycles. The highest BCUT2D eigenvalue weighted by atomic mass is 35.5. The van der Waals surface area contributed by atoms with Crippen LogP contribution in [0.4, 0.5) is 0 Å². The van der Waals surface area contributed by atoms with E-state index in [9.17, 15) is 9.59 Å². The fourth-order valence-corrected chi connectivity index (χ4v) is 3.51. The number of carbonyl (C=O) groups is 2. The van der Waals surface area contributed by atoms with Gasteiger partial charge in [-0.1, -0.05) is 54.6 Å². The molecule has 1 aromatic carbocycles. The molecule has 2 rings (SSSR count). The third-order valence-corrected chi connectivity index (χ3v) is 4.77. The second-order valence-electron chi connectivity index (χ2n) is 4.99. The van der Waals surface area contributed by atoms with Crippen molar-refractivity contribution in [2.24, 2.45) is 0 Å². The van der Waals surface area contributed by atoms with E-state index in [2.05, 4.69) is 5.32 Å². The Bertz CT molecular complexity index is 661. The smallest absolute Gasteiger partial charge is 0.266 e. The van der Waals surface area contributed by atoms with Crippen molar-refractivity contribution in [2.45, 2.75) is 19.8 Å². The quantitative estimate of drug-likeness (QED) is 0.617. The van der Waals surface area contributed by atoms with Crippen LogP contribution in [0.15, 0.2) is 29.2 Å². The summed E-state index contributed by atoms with van der Waals surface area (Å²) in [5, 5.41) is 3.40. The summed E-state index contributed by atoms with van der Waals surface area (Å²) in [7, 11) is 0. The Kier molecular flexibility index (Phi) is 6.62. The van der Waals surface area contributed by atoms with E-state index in [0.717, 1.165) is 12.0 Å². The molecule has 7 heteroatoms. The van der Waals surface area contributed by atoms with E-state index in [-0.39, 0.29) is 18.2 Å². The number of benzene rings is 1. The van der Waals surface area contributed by atoms with Gasteiger partial charge in [0.1, 0.15) is 4.32 Å². The molecule has 0 aromatic heterocycles. The minimum absolute atomic E-state index is 0.0697. The average molecular weight is 369 g/mol. The number of thiocarbonyl (C=S) groups is 1. The molecule has 1 aromatic rings. The van der Waals surface area contributed by atoms with Crippen LogP contribution in [0.3, 0.4) is 0 Å². The van der Waals surface area contributed by atoms with E-state index in [1.807, 2.05) is 19.1 Å². The van der Waals surface area contributed by atoms with E-state index in [1.165, 1.54) is 16.7 Å². The van der Waals surface area contributed by atoms with Gasteiger partial charge in [0.05, 0.1) is 4.91 Å². The fourth-order valence-electron chi connectivity index (χ4n) is 2.01. The van der Waals surface area contributed by atoms with Crippen molar-refractivity contribution >= 4 is 57.8 Å². The normalized spacial score (nSPS) is 16.3. The Morgan fingerprint density at radius 3 is 2.96 bits per heavy atom. The summed E-state index contributed by atoms with van der Waals surface area (Å²) in [6.07, 6.45) is 2.90. The Morgan fingerprint density at radius 1 is 1.48 bits per heavy atom. The van der Waals surface area contributed by atoms with Crippen molar-refractivity contribution in [1.82, 2.24) is 10.2 Å². The van der Waals surface area contributed by atoms with Crippen molar-refractivity contribution in [3.63, 3.8) is 0 Å². The molecule has 0 atom stereocenters. The number of amides is 2. The summed E-state index contributed by atoms with van der Waals surface area (Å²) in [6, 6.07) is 7.26. The van der Waals surface area contributed by atoms with Gasteiger partial charge in [-0.2, -0.15) is 0 Å². The highest BCUT2D eigenvalue weighted by Crippen LogP contribution is 2.32. The molecule has 1 aliphatic rings. The highest BCUT2D eigenvalue weighted by molar-refractivity contribution is 8.26. The number of hydrogen-bond acceptors (Lipinski definition) is 4. The standard InChI is InChI=1S/C16H17ClN2O2S2/c1-2-7-18-14(20)6-8-19-15(21)13(23-16(19)22)10-11-4-3-5-12(17)9-11/h3-5,9-10H,2,6-8H2,1H3,(H,18,20)/b13-10-. The Hall–Kier alpha value is -1.37. The monoisotopic (exact) mass is 368 g/mol. The van der Waals surface area contributed by atoms with Crippen LogP contribution in [-0.2, 0) is 9.59 Å².